The average molecular weight is 411 g/mol. The van der Waals surface area contributed by atoms with E-state index in [9.17, 15) is 19.8 Å². The highest BCUT2D eigenvalue weighted by Crippen LogP contribution is 2.41. The maximum absolute atomic E-state index is 13.0. The third-order valence-corrected chi connectivity index (χ3v) is 5.84. The van der Waals surface area contributed by atoms with Crippen LogP contribution in [-0.2, 0) is 22.4 Å². The minimum absolute atomic E-state index is 0.203. The van der Waals surface area contributed by atoms with Crippen molar-refractivity contribution in [3.8, 4) is 0 Å². The van der Waals surface area contributed by atoms with Crippen LogP contribution >= 0.6 is 0 Å². The van der Waals surface area contributed by atoms with Crippen molar-refractivity contribution in [2.45, 2.75) is 44.2 Å². The van der Waals surface area contributed by atoms with Crippen molar-refractivity contribution in [3.05, 3.63) is 71.8 Å². The molecule has 0 unspecified atom stereocenters. The number of carbonyl (C=O) groups excluding carboxylic acids is 2. The summed E-state index contributed by atoms with van der Waals surface area (Å²) in [6.45, 7) is -0.406. The molecule has 6 nitrogen and oxygen atoms in total. The third kappa shape index (κ3) is 5.26. The van der Waals surface area contributed by atoms with Gasteiger partial charge in [0.2, 0.25) is 11.8 Å². The number of nitrogens with one attached hydrogen (secondary N) is 2. The Morgan fingerprint density at radius 2 is 1.17 bits per heavy atom. The Morgan fingerprint density at radius 1 is 0.767 bits per heavy atom. The molecule has 4 N–H and O–H groups in total. The standard InChI is InChI=1S/C24H30N2O4/c27-16-20(14-18-8-3-1-4-9-18)25-22(29)24(12-7-13-24)23(30)26-21(17-28)15-19-10-5-2-6-11-19/h1-6,8-11,20-21,27-28H,7,12-17H2,(H,25,29)(H,26,30)/t20-,21-/m0/s1. The lowest BCUT2D eigenvalue weighted by Crippen LogP contribution is -2.59. The highest BCUT2D eigenvalue weighted by molar-refractivity contribution is 6.06. The summed E-state index contributed by atoms with van der Waals surface area (Å²) >= 11 is 0. The van der Waals surface area contributed by atoms with Gasteiger partial charge in [0.1, 0.15) is 5.41 Å². The minimum atomic E-state index is -1.13. The zero-order valence-corrected chi connectivity index (χ0v) is 17.1. The maximum Gasteiger partial charge on any atom is 0.236 e. The Labute approximate surface area is 177 Å². The molecule has 0 radical (unpaired) electrons. The normalized spacial score (nSPS) is 16.7. The molecule has 0 bridgehead atoms. The van der Waals surface area contributed by atoms with Crippen LogP contribution in [0.4, 0.5) is 0 Å². The first-order chi connectivity index (χ1) is 14.6. The van der Waals surface area contributed by atoms with Gasteiger partial charge in [0.05, 0.1) is 25.3 Å². The first-order valence-electron chi connectivity index (χ1n) is 10.5. The van der Waals surface area contributed by atoms with Crippen LogP contribution in [0.3, 0.4) is 0 Å². The van der Waals surface area contributed by atoms with Crippen molar-refractivity contribution in [1.29, 1.82) is 0 Å². The van der Waals surface area contributed by atoms with Crippen molar-refractivity contribution < 1.29 is 19.8 Å². The predicted molar refractivity (Wildman–Crippen MR) is 115 cm³/mol. The van der Waals surface area contributed by atoms with Crippen molar-refractivity contribution in [2.75, 3.05) is 13.2 Å². The van der Waals surface area contributed by atoms with Gasteiger partial charge in [-0.05, 0) is 36.8 Å². The van der Waals surface area contributed by atoms with Crippen molar-refractivity contribution in [2.24, 2.45) is 5.41 Å². The van der Waals surface area contributed by atoms with E-state index < -0.39 is 17.5 Å². The summed E-state index contributed by atoms with van der Waals surface area (Å²) in [5.74, 6) is -0.699. The van der Waals surface area contributed by atoms with Gasteiger partial charge < -0.3 is 20.8 Å². The smallest absolute Gasteiger partial charge is 0.236 e. The lowest BCUT2D eigenvalue weighted by atomic mass is 9.67. The second kappa shape index (κ2) is 10.4. The van der Waals surface area contributed by atoms with Gasteiger partial charge in [-0.3, -0.25) is 9.59 Å². The fourth-order valence-electron chi connectivity index (χ4n) is 3.85. The molecule has 0 saturated heterocycles. The van der Waals surface area contributed by atoms with E-state index >= 15 is 0 Å². The van der Waals surface area contributed by atoms with Crippen LogP contribution in [0.15, 0.2) is 60.7 Å². The fourth-order valence-corrected chi connectivity index (χ4v) is 3.85. The SMILES string of the molecule is O=C(N[C@H](CO)Cc1ccccc1)C1(C(=O)N[C@H](CO)Cc2ccccc2)CCC1. The summed E-state index contributed by atoms with van der Waals surface area (Å²) in [7, 11) is 0. The summed E-state index contributed by atoms with van der Waals surface area (Å²) < 4.78 is 0. The van der Waals surface area contributed by atoms with E-state index in [0.29, 0.717) is 25.7 Å². The minimum Gasteiger partial charge on any atom is -0.394 e. The van der Waals surface area contributed by atoms with Gasteiger partial charge in [0.25, 0.3) is 0 Å². The van der Waals surface area contributed by atoms with Crippen molar-refractivity contribution in [1.82, 2.24) is 10.6 Å². The molecule has 2 amide bonds. The van der Waals surface area contributed by atoms with E-state index in [2.05, 4.69) is 10.6 Å². The Balaban J connectivity index is 1.63. The largest absolute Gasteiger partial charge is 0.394 e. The van der Waals surface area contributed by atoms with E-state index in [1.54, 1.807) is 0 Å². The Bertz CT molecular complexity index is 756. The molecular formula is C24H30N2O4. The van der Waals surface area contributed by atoms with E-state index in [4.69, 9.17) is 0 Å². The van der Waals surface area contributed by atoms with Gasteiger partial charge in [-0.25, -0.2) is 0 Å². The molecule has 30 heavy (non-hydrogen) atoms. The van der Waals surface area contributed by atoms with Gasteiger partial charge in [-0.1, -0.05) is 67.1 Å². The van der Waals surface area contributed by atoms with Crippen LogP contribution in [-0.4, -0.2) is 47.3 Å². The topological polar surface area (TPSA) is 98.7 Å². The second-order valence-electron chi connectivity index (χ2n) is 8.02. The van der Waals surface area contributed by atoms with Crippen LogP contribution in [0.1, 0.15) is 30.4 Å². The summed E-state index contributed by atoms with van der Waals surface area (Å²) in [6.07, 6.45) is 2.73. The van der Waals surface area contributed by atoms with Crippen LogP contribution in [0.25, 0.3) is 0 Å². The molecule has 3 rings (SSSR count). The summed E-state index contributed by atoms with van der Waals surface area (Å²) in [6, 6.07) is 18.3. The number of aliphatic hydroxyl groups is 2. The molecule has 2 aromatic rings. The lowest BCUT2D eigenvalue weighted by Gasteiger charge is -2.40. The number of aliphatic hydroxyl groups excluding tert-OH is 2. The first kappa shape index (κ1) is 22.0. The van der Waals surface area contributed by atoms with Crippen molar-refractivity contribution >= 4 is 11.8 Å². The van der Waals surface area contributed by atoms with Crippen molar-refractivity contribution in [3.63, 3.8) is 0 Å². The van der Waals surface area contributed by atoms with E-state index in [1.807, 2.05) is 60.7 Å². The van der Waals surface area contributed by atoms with Gasteiger partial charge in [-0.2, -0.15) is 0 Å². The van der Waals surface area contributed by atoms with Gasteiger partial charge in [-0.15, -0.1) is 0 Å². The molecule has 0 aliphatic heterocycles. The molecule has 0 aromatic heterocycles. The van der Waals surface area contributed by atoms with Gasteiger partial charge in [0.15, 0.2) is 0 Å². The van der Waals surface area contributed by atoms with Crippen LogP contribution in [0.5, 0.6) is 0 Å². The summed E-state index contributed by atoms with van der Waals surface area (Å²) in [5.41, 5.74) is 0.883. The summed E-state index contributed by atoms with van der Waals surface area (Å²) in [5, 5.41) is 25.2. The summed E-state index contributed by atoms with van der Waals surface area (Å²) in [4.78, 5) is 26.1. The molecule has 160 valence electrons. The zero-order valence-electron chi connectivity index (χ0n) is 17.1. The van der Waals surface area contributed by atoms with Crippen LogP contribution in [0.2, 0.25) is 0 Å². The molecule has 2 aromatic carbocycles. The lowest BCUT2D eigenvalue weighted by molar-refractivity contribution is -0.150. The molecule has 0 heterocycles. The van der Waals surface area contributed by atoms with E-state index in [0.717, 1.165) is 17.5 Å². The fraction of sp³-hybridized carbons (Fsp3) is 0.417. The quantitative estimate of drug-likeness (QED) is 0.447. The highest BCUT2D eigenvalue weighted by atomic mass is 16.3. The Hall–Kier alpha value is -2.70. The molecule has 1 saturated carbocycles. The zero-order chi connectivity index (χ0) is 21.4. The first-order valence-corrected chi connectivity index (χ1v) is 10.5. The molecular weight excluding hydrogens is 380 g/mol. The maximum atomic E-state index is 13.0. The Morgan fingerprint density at radius 3 is 1.47 bits per heavy atom. The Kier molecular flexibility index (Phi) is 7.60. The highest BCUT2D eigenvalue weighted by Gasteiger charge is 2.51. The van der Waals surface area contributed by atoms with E-state index in [-0.39, 0.29) is 25.0 Å². The predicted octanol–water partition coefficient (Wildman–Crippen LogP) is 1.60. The number of amides is 2. The number of hydrogen-bond acceptors (Lipinski definition) is 4. The van der Waals surface area contributed by atoms with Crippen LogP contribution in [0, 0.1) is 5.41 Å². The molecule has 6 heteroatoms. The van der Waals surface area contributed by atoms with Gasteiger partial charge in [0, 0.05) is 0 Å². The van der Waals surface area contributed by atoms with Crippen LogP contribution < -0.4 is 10.6 Å². The number of benzene rings is 2. The molecule has 0 spiro atoms. The molecule has 1 aliphatic rings. The number of carbonyl (C=O) groups is 2. The number of rotatable bonds is 10. The average Bonchev–Trinajstić information content (AvgIpc) is 2.73. The number of hydrogen-bond donors (Lipinski definition) is 4. The van der Waals surface area contributed by atoms with E-state index in [1.165, 1.54) is 0 Å². The third-order valence-electron chi connectivity index (χ3n) is 5.84. The molecule has 1 fully saturated rings. The molecule has 1 aliphatic carbocycles. The monoisotopic (exact) mass is 410 g/mol. The molecule has 2 atom stereocenters. The second-order valence-corrected chi connectivity index (χ2v) is 8.02. The van der Waals surface area contributed by atoms with Gasteiger partial charge >= 0.3 is 0 Å².